The molecule has 28 heavy (non-hydrogen) atoms. The summed E-state index contributed by atoms with van der Waals surface area (Å²) in [6.07, 6.45) is -4.56. The van der Waals surface area contributed by atoms with E-state index in [1.165, 1.54) is 49.1 Å². The quantitative estimate of drug-likeness (QED) is 0.768. The number of hydrogen-bond acceptors (Lipinski definition) is 4. The molecule has 0 bridgehead atoms. The van der Waals surface area contributed by atoms with Gasteiger partial charge in [-0.2, -0.15) is 13.2 Å². The van der Waals surface area contributed by atoms with Gasteiger partial charge < -0.3 is 19.7 Å². The minimum Gasteiger partial charge on any atom is -0.497 e. The third-order valence-corrected chi connectivity index (χ3v) is 5.57. The van der Waals surface area contributed by atoms with Crippen molar-refractivity contribution in [2.24, 2.45) is 0 Å². The van der Waals surface area contributed by atoms with E-state index in [0.717, 1.165) is 11.6 Å². The zero-order valence-electron chi connectivity index (χ0n) is 15.2. The number of rotatable bonds is 4. The molecule has 0 radical (unpaired) electrons. The largest absolute Gasteiger partial charge is 0.497 e. The van der Waals surface area contributed by atoms with Crippen molar-refractivity contribution in [3.05, 3.63) is 53.6 Å². The van der Waals surface area contributed by atoms with Crippen LogP contribution in [0.4, 0.5) is 23.7 Å². The monoisotopic (exact) mass is 412 g/mol. The molecular formula is C19H19F3N2O3S. The number of carbonyl (C=O) groups excluding carboxylic acids is 1. The van der Waals surface area contributed by atoms with Crippen molar-refractivity contribution < 1.29 is 27.4 Å². The van der Waals surface area contributed by atoms with E-state index >= 15 is 0 Å². The van der Waals surface area contributed by atoms with Crippen LogP contribution < -0.4 is 14.8 Å². The van der Waals surface area contributed by atoms with E-state index in [1.54, 1.807) is 18.2 Å². The van der Waals surface area contributed by atoms with Gasteiger partial charge in [-0.3, -0.25) is 0 Å². The molecule has 9 heteroatoms. The molecule has 1 aliphatic rings. The number of anilines is 1. The lowest BCUT2D eigenvalue weighted by Gasteiger charge is -2.26. The van der Waals surface area contributed by atoms with Crippen LogP contribution in [0, 0.1) is 0 Å². The predicted molar refractivity (Wildman–Crippen MR) is 102 cm³/mol. The minimum atomic E-state index is -4.56. The fourth-order valence-corrected chi connectivity index (χ4v) is 4.26. The van der Waals surface area contributed by atoms with Crippen LogP contribution >= 0.6 is 11.8 Å². The Labute approximate surface area is 164 Å². The van der Waals surface area contributed by atoms with Gasteiger partial charge in [0.2, 0.25) is 0 Å². The first-order valence-electron chi connectivity index (χ1n) is 8.42. The molecule has 1 aliphatic heterocycles. The molecule has 0 spiro atoms. The van der Waals surface area contributed by atoms with E-state index in [4.69, 9.17) is 9.47 Å². The number of amides is 2. The number of halogens is 3. The molecule has 1 atom stereocenters. The first kappa shape index (κ1) is 20.2. The molecular weight excluding hydrogens is 393 g/mol. The van der Waals surface area contributed by atoms with Crippen LogP contribution in [0.15, 0.2) is 42.5 Å². The third-order valence-electron chi connectivity index (χ3n) is 4.33. The lowest BCUT2D eigenvalue weighted by atomic mass is 10.1. The molecule has 0 saturated carbocycles. The van der Waals surface area contributed by atoms with Crippen molar-refractivity contribution in [1.29, 1.82) is 0 Å². The maximum atomic E-state index is 13.2. The van der Waals surface area contributed by atoms with Gasteiger partial charge in [-0.25, -0.2) is 4.79 Å². The molecule has 150 valence electrons. The van der Waals surface area contributed by atoms with Crippen LogP contribution in [-0.2, 0) is 6.18 Å². The van der Waals surface area contributed by atoms with Crippen LogP contribution in [0.5, 0.6) is 11.5 Å². The molecule has 5 nitrogen and oxygen atoms in total. The number of nitrogens with zero attached hydrogens (tertiary/aromatic N) is 1. The second kappa shape index (κ2) is 8.22. The van der Waals surface area contributed by atoms with Gasteiger partial charge in [0, 0.05) is 17.9 Å². The summed E-state index contributed by atoms with van der Waals surface area (Å²) in [5.74, 6) is 1.83. The summed E-state index contributed by atoms with van der Waals surface area (Å²) in [7, 11) is 3.06. The smallest absolute Gasteiger partial charge is 0.418 e. The summed E-state index contributed by atoms with van der Waals surface area (Å²) in [4.78, 5) is 14.3. The fourth-order valence-electron chi connectivity index (χ4n) is 2.99. The first-order valence-corrected chi connectivity index (χ1v) is 9.47. The van der Waals surface area contributed by atoms with Crippen molar-refractivity contribution in [1.82, 2.24) is 4.90 Å². The fraction of sp³-hybridized carbons (Fsp3) is 0.316. The molecule has 2 aromatic rings. The van der Waals surface area contributed by atoms with Crippen molar-refractivity contribution in [3.8, 4) is 11.5 Å². The highest BCUT2D eigenvalue weighted by Crippen LogP contribution is 2.43. The molecule has 0 aliphatic carbocycles. The second-order valence-electron chi connectivity index (χ2n) is 6.00. The van der Waals surface area contributed by atoms with Gasteiger partial charge in [-0.05, 0) is 30.3 Å². The average Bonchev–Trinajstić information content (AvgIpc) is 3.17. The van der Waals surface area contributed by atoms with E-state index in [-0.39, 0.29) is 5.69 Å². The van der Waals surface area contributed by atoms with E-state index in [0.29, 0.717) is 23.8 Å². The average molecular weight is 412 g/mol. The molecule has 2 amide bonds. The Kier molecular flexibility index (Phi) is 5.93. The maximum Gasteiger partial charge on any atom is 0.418 e. The van der Waals surface area contributed by atoms with Gasteiger partial charge in [0.25, 0.3) is 0 Å². The van der Waals surface area contributed by atoms with Crippen molar-refractivity contribution in [2.75, 3.05) is 31.8 Å². The Balaban J connectivity index is 1.87. The van der Waals surface area contributed by atoms with Gasteiger partial charge in [-0.15, -0.1) is 11.8 Å². The summed E-state index contributed by atoms with van der Waals surface area (Å²) < 4.78 is 50.2. The van der Waals surface area contributed by atoms with Gasteiger partial charge in [0.05, 0.1) is 25.5 Å². The van der Waals surface area contributed by atoms with E-state index in [9.17, 15) is 18.0 Å². The Bertz CT molecular complexity index is 861. The Morgan fingerprint density at radius 2 is 1.93 bits per heavy atom. The van der Waals surface area contributed by atoms with Gasteiger partial charge >= 0.3 is 12.2 Å². The Morgan fingerprint density at radius 3 is 2.61 bits per heavy atom. The zero-order chi connectivity index (χ0) is 20.3. The van der Waals surface area contributed by atoms with Gasteiger partial charge in [-0.1, -0.05) is 12.1 Å². The predicted octanol–water partition coefficient (Wildman–Crippen LogP) is 5.00. The zero-order valence-corrected chi connectivity index (χ0v) is 16.1. The van der Waals surface area contributed by atoms with Gasteiger partial charge in [0.15, 0.2) is 0 Å². The van der Waals surface area contributed by atoms with Crippen LogP contribution in [0.2, 0.25) is 0 Å². The van der Waals surface area contributed by atoms with Gasteiger partial charge in [0.1, 0.15) is 16.9 Å². The molecule has 1 fully saturated rings. The number of ether oxygens (including phenoxy) is 2. The number of methoxy groups -OCH3 is 2. The summed E-state index contributed by atoms with van der Waals surface area (Å²) in [6.45, 7) is 0.399. The lowest BCUT2D eigenvalue weighted by molar-refractivity contribution is -0.136. The molecule has 1 N–H and O–H groups in total. The minimum absolute atomic E-state index is 0.270. The highest BCUT2D eigenvalue weighted by atomic mass is 32.2. The molecule has 1 unspecified atom stereocenters. The highest BCUT2D eigenvalue weighted by Gasteiger charge is 2.36. The number of thioether (sulfide) groups is 1. The second-order valence-corrected chi connectivity index (χ2v) is 7.19. The van der Waals surface area contributed by atoms with Crippen molar-refractivity contribution in [2.45, 2.75) is 11.6 Å². The van der Waals surface area contributed by atoms with Crippen LogP contribution in [-0.4, -0.2) is 37.4 Å². The Morgan fingerprint density at radius 1 is 1.18 bits per heavy atom. The molecule has 3 rings (SSSR count). The number of carbonyl (C=O) groups is 1. The highest BCUT2D eigenvalue weighted by molar-refractivity contribution is 7.99. The van der Waals surface area contributed by atoms with Crippen LogP contribution in [0.1, 0.15) is 16.5 Å². The number of alkyl halides is 3. The standard InChI is InChI=1S/C19H19F3N2O3S/c1-26-12-7-8-16(27-2)13(11-12)17-24(9-10-28-17)18(25)23-15-6-4-3-5-14(15)19(20,21)22/h3-8,11,17H,9-10H2,1-2H3,(H,23,25). The molecule has 0 aromatic heterocycles. The number of nitrogens with one attached hydrogen (secondary N) is 1. The first-order chi connectivity index (χ1) is 13.3. The molecule has 2 aromatic carbocycles. The summed E-state index contributed by atoms with van der Waals surface area (Å²) in [5.41, 5.74) is -0.428. The summed E-state index contributed by atoms with van der Waals surface area (Å²) in [5, 5.41) is 2.01. The molecule has 1 heterocycles. The van der Waals surface area contributed by atoms with Crippen molar-refractivity contribution >= 4 is 23.5 Å². The Hall–Kier alpha value is -2.55. The topological polar surface area (TPSA) is 50.8 Å². The SMILES string of the molecule is COc1ccc(OC)c(C2SCCN2C(=O)Nc2ccccc2C(F)(F)F)c1. The normalized spacial score (nSPS) is 16.8. The van der Waals surface area contributed by atoms with Crippen LogP contribution in [0.3, 0.4) is 0 Å². The molecule has 1 saturated heterocycles. The number of para-hydroxylation sites is 1. The summed E-state index contributed by atoms with van der Waals surface area (Å²) in [6, 6.07) is 9.57. The van der Waals surface area contributed by atoms with E-state index in [1.807, 2.05) is 0 Å². The van der Waals surface area contributed by atoms with Crippen LogP contribution in [0.25, 0.3) is 0 Å². The summed E-state index contributed by atoms with van der Waals surface area (Å²) >= 11 is 1.51. The lowest BCUT2D eigenvalue weighted by Crippen LogP contribution is -2.35. The number of urea groups is 1. The number of benzene rings is 2. The third kappa shape index (κ3) is 4.14. The maximum absolute atomic E-state index is 13.2. The van der Waals surface area contributed by atoms with Crippen molar-refractivity contribution in [3.63, 3.8) is 0 Å². The van der Waals surface area contributed by atoms with E-state index < -0.39 is 23.1 Å². The van der Waals surface area contributed by atoms with E-state index in [2.05, 4.69) is 5.32 Å². The number of hydrogen-bond donors (Lipinski definition) is 1.